The third-order valence-corrected chi connectivity index (χ3v) is 5.73. The minimum atomic E-state index is -0.0410. The number of amides is 1. The van der Waals surface area contributed by atoms with Gasteiger partial charge in [0.05, 0.1) is 24.2 Å². The third kappa shape index (κ3) is 4.23. The van der Waals surface area contributed by atoms with Crippen LogP contribution in [-0.4, -0.2) is 47.7 Å². The SMILES string of the molecule is COc1ccccc1NC(=O)CN1CCC(c2nc(-c3cccs3)no2)CC1. The van der Waals surface area contributed by atoms with E-state index in [1.807, 2.05) is 41.8 Å². The second-order valence-electron chi connectivity index (χ2n) is 6.73. The lowest BCUT2D eigenvalue weighted by Crippen LogP contribution is -2.38. The van der Waals surface area contributed by atoms with Gasteiger partial charge >= 0.3 is 0 Å². The Kier molecular flexibility index (Phi) is 5.68. The quantitative estimate of drug-likeness (QED) is 0.683. The highest BCUT2D eigenvalue weighted by Crippen LogP contribution is 2.30. The number of carbonyl (C=O) groups excluding carboxylic acids is 1. The maximum absolute atomic E-state index is 12.4. The standard InChI is InChI=1S/C20H22N4O3S/c1-26-16-6-3-2-5-15(16)21-18(25)13-24-10-8-14(9-11-24)20-22-19(23-27-20)17-7-4-12-28-17/h2-7,12,14H,8-11,13H2,1H3,(H,21,25). The Morgan fingerprint density at radius 3 is 2.86 bits per heavy atom. The van der Waals surface area contributed by atoms with E-state index >= 15 is 0 Å². The number of nitrogens with one attached hydrogen (secondary N) is 1. The Labute approximate surface area is 167 Å². The van der Waals surface area contributed by atoms with Gasteiger partial charge in [-0.15, -0.1) is 11.3 Å². The monoisotopic (exact) mass is 398 g/mol. The summed E-state index contributed by atoms with van der Waals surface area (Å²) < 4.78 is 10.8. The van der Waals surface area contributed by atoms with Crippen molar-refractivity contribution in [2.45, 2.75) is 18.8 Å². The smallest absolute Gasteiger partial charge is 0.238 e. The summed E-state index contributed by atoms with van der Waals surface area (Å²) in [6.07, 6.45) is 1.79. The molecule has 1 aliphatic rings. The van der Waals surface area contributed by atoms with Crippen molar-refractivity contribution in [3.8, 4) is 16.5 Å². The maximum Gasteiger partial charge on any atom is 0.238 e. The van der Waals surface area contributed by atoms with Gasteiger partial charge in [-0.05, 0) is 49.5 Å². The normalized spacial score (nSPS) is 15.5. The lowest BCUT2D eigenvalue weighted by Gasteiger charge is -2.29. The van der Waals surface area contributed by atoms with E-state index in [0.717, 1.165) is 30.8 Å². The molecule has 1 amide bonds. The molecule has 146 valence electrons. The van der Waals surface area contributed by atoms with E-state index in [2.05, 4.69) is 20.4 Å². The summed E-state index contributed by atoms with van der Waals surface area (Å²) in [5.74, 6) is 2.22. The second-order valence-corrected chi connectivity index (χ2v) is 7.68. The van der Waals surface area contributed by atoms with Gasteiger partial charge in [0.25, 0.3) is 0 Å². The summed E-state index contributed by atoms with van der Waals surface area (Å²) in [4.78, 5) is 20.1. The summed E-state index contributed by atoms with van der Waals surface area (Å²) >= 11 is 1.60. The number of piperidine rings is 1. The average molecular weight is 398 g/mol. The highest BCUT2D eigenvalue weighted by Gasteiger charge is 2.26. The molecule has 1 N–H and O–H groups in total. The largest absolute Gasteiger partial charge is 0.495 e. The molecule has 8 heteroatoms. The molecule has 0 bridgehead atoms. The fourth-order valence-electron chi connectivity index (χ4n) is 3.39. The molecule has 3 heterocycles. The van der Waals surface area contributed by atoms with Crippen LogP contribution in [0.1, 0.15) is 24.7 Å². The van der Waals surface area contributed by atoms with Gasteiger partial charge in [0.15, 0.2) is 0 Å². The molecule has 0 radical (unpaired) electrons. The summed E-state index contributed by atoms with van der Waals surface area (Å²) in [5, 5.41) is 9.02. The topological polar surface area (TPSA) is 80.5 Å². The number of para-hydroxylation sites is 2. The van der Waals surface area contributed by atoms with E-state index in [1.54, 1.807) is 18.4 Å². The van der Waals surface area contributed by atoms with E-state index < -0.39 is 0 Å². The Morgan fingerprint density at radius 1 is 1.29 bits per heavy atom. The van der Waals surface area contributed by atoms with Crippen molar-refractivity contribution in [3.05, 3.63) is 47.7 Å². The van der Waals surface area contributed by atoms with E-state index in [-0.39, 0.29) is 11.8 Å². The fourth-order valence-corrected chi connectivity index (χ4v) is 4.03. The predicted octanol–water partition coefficient (Wildman–Crippen LogP) is 3.62. The fraction of sp³-hybridized carbons (Fsp3) is 0.350. The lowest BCUT2D eigenvalue weighted by atomic mass is 9.97. The zero-order chi connectivity index (χ0) is 19.3. The number of benzene rings is 1. The predicted molar refractivity (Wildman–Crippen MR) is 108 cm³/mol. The maximum atomic E-state index is 12.4. The van der Waals surface area contributed by atoms with Crippen molar-refractivity contribution in [1.82, 2.24) is 15.0 Å². The molecule has 1 aliphatic heterocycles. The molecule has 28 heavy (non-hydrogen) atoms. The highest BCUT2D eigenvalue weighted by molar-refractivity contribution is 7.13. The molecule has 2 aromatic heterocycles. The second kappa shape index (κ2) is 8.53. The van der Waals surface area contributed by atoms with Gasteiger partial charge in [-0.1, -0.05) is 23.4 Å². The van der Waals surface area contributed by atoms with E-state index in [1.165, 1.54) is 0 Å². The molecule has 7 nitrogen and oxygen atoms in total. The van der Waals surface area contributed by atoms with Gasteiger partial charge in [0.2, 0.25) is 17.6 Å². The number of likely N-dealkylation sites (tertiary alicyclic amines) is 1. The summed E-state index contributed by atoms with van der Waals surface area (Å²) in [5.41, 5.74) is 0.692. The van der Waals surface area contributed by atoms with E-state index in [4.69, 9.17) is 9.26 Å². The van der Waals surface area contributed by atoms with Crippen molar-refractivity contribution in [2.24, 2.45) is 0 Å². The van der Waals surface area contributed by atoms with Crippen LogP contribution < -0.4 is 10.1 Å². The zero-order valence-corrected chi connectivity index (χ0v) is 16.4. The Balaban J connectivity index is 1.29. The number of nitrogens with zero attached hydrogens (tertiary/aromatic N) is 3. The summed E-state index contributed by atoms with van der Waals surface area (Å²) in [6, 6.07) is 11.4. The first-order chi connectivity index (χ1) is 13.7. The van der Waals surface area contributed by atoms with Gasteiger partial charge in [-0.25, -0.2) is 0 Å². The number of hydrogen-bond donors (Lipinski definition) is 1. The molecule has 0 unspecified atom stereocenters. The third-order valence-electron chi connectivity index (χ3n) is 4.87. The van der Waals surface area contributed by atoms with Crippen LogP contribution >= 0.6 is 11.3 Å². The molecule has 0 atom stereocenters. The van der Waals surface area contributed by atoms with Crippen molar-refractivity contribution in [3.63, 3.8) is 0 Å². The minimum Gasteiger partial charge on any atom is -0.495 e. The Bertz CT molecular complexity index is 917. The molecule has 3 aromatic rings. The van der Waals surface area contributed by atoms with Crippen LogP contribution in [0.25, 0.3) is 10.7 Å². The number of methoxy groups -OCH3 is 1. The number of hydrogen-bond acceptors (Lipinski definition) is 7. The number of ether oxygens (including phenoxy) is 1. The van der Waals surface area contributed by atoms with E-state index in [0.29, 0.717) is 29.7 Å². The van der Waals surface area contributed by atoms with Crippen LogP contribution in [0.2, 0.25) is 0 Å². The first kappa shape index (κ1) is 18.6. The number of rotatable bonds is 6. The highest BCUT2D eigenvalue weighted by atomic mass is 32.1. The van der Waals surface area contributed by atoms with Gasteiger partial charge in [0.1, 0.15) is 5.75 Å². The average Bonchev–Trinajstić information content (AvgIpc) is 3.41. The Morgan fingerprint density at radius 2 is 2.11 bits per heavy atom. The molecule has 1 aromatic carbocycles. The van der Waals surface area contributed by atoms with Crippen molar-refractivity contribution in [1.29, 1.82) is 0 Å². The van der Waals surface area contributed by atoms with E-state index in [9.17, 15) is 4.79 Å². The lowest BCUT2D eigenvalue weighted by molar-refractivity contribution is -0.117. The number of carbonyl (C=O) groups is 1. The molecule has 1 saturated heterocycles. The van der Waals surface area contributed by atoms with Gasteiger partial charge in [-0.3, -0.25) is 9.69 Å². The van der Waals surface area contributed by atoms with Crippen molar-refractivity contribution >= 4 is 22.9 Å². The molecular formula is C20H22N4O3S. The molecule has 0 aliphatic carbocycles. The first-order valence-corrected chi connectivity index (χ1v) is 10.1. The Hall–Kier alpha value is -2.71. The van der Waals surface area contributed by atoms with Crippen molar-refractivity contribution in [2.75, 3.05) is 32.1 Å². The van der Waals surface area contributed by atoms with Crippen molar-refractivity contribution < 1.29 is 14.1 Å². The van der Waals surface area contributed by atoms with Gasteiger partial charge in [-0.2, -0.15) is 4.98 Å². The molecular weight excluding hydrogens is 376 g/mol. The van der Waals surface area contributed by atoms with Gasteiger partial charge in [0, 0.05) is 5.92 Å². The molecule has 1 fully saturated rings. The number of thiophene rings is 1. The van der Waals surface area contributed by atoms with Crippen LogP contribution in [0.4, 0.5) is 5.69 Å². The van der Waals surface area contributed by atoms with Crippen LogP contribution in [0, 0.1) is 0 Å². The summed E-state index contributed by atoms with van der Waals surface area (Å²) in [7, 11) is 1.59. The van der Waals surface area contributed by atoms with Crippen LogP contribution in [0.15, 0.2) is 46.3 Å². The molecule has 0 spiro atoms. The van der Waals surface area contributed by atoms with Crippen LogP contribution in [0.5, 0.6) is 5.75 Å². The molecule has 4 rings (SSSR count). The number of anilines is 1. The van der Waals surface area contributed by atoms with Gasteiger partial charge < -0.3 is 14.6 Å². The first-order valence-electron chi connectivity index (χ1n) is 9.25. The summed E-state index contributed by atoms with van der Waals surface area (Å²) in [6.45, 7) is 2.00. The minimum absolute atomic E-state index is 0.0410. The number of aromatic nitrogens is 2. The molecule has 0 saturated carbocycles. The van der Waals surface area contributed by atoms with Crippen LogP contribution in [-0.2, 0) is 4.79 Å². The zero-order valence-electron chi connectivity index (χ0n) is 15.6. The van der Waals surface area contributed by atoms with Crippen LogP contribution in [0.3, 0.4) is 0 Å².